The minimum atomic E-state index is -0.586. The van der Waals surface area contributed by atoms with Crippen LogP contribution in [0.25, 0.3) is 0 Å². The molecule has 1 aliphatic heterocycles. The van der Waals surface area contributed by atoms with Crippen molar-refractivity contribution in [3.8, 4) is 11.5 Å². The molecule has 0 aliphatic carbocycles. The fourth-order valence-corrected chi connectivity index (χ4v) is 2.40. The lowest BCUT2D eigenvalue weighted by Gasteiger charge is -2.08. The Hall–Kier alpha value is -2.08. The molecular weight excluding hydrogens is 329 g/mol. The van der Waals surface area contributed by atoms with E-state index < -0.39 is 11.7 Å². The van der Waals surface area contributed by atoms with E-state index in [9.17, 15) is 9.18 Å². The number of fused-ring (bicyclic) bond motifs is 1. The van der Waals surface area contributed by atoms with Crippen molar-refractivity contribution in [2.45, 2.75) is 0 Å². The zero-order valence-electron chi connectivity index (χ0n) is 10.2. The Morgan fingerprint density at radius 1 is 1.20 bits per heavy atom. The quantitative estimate of drug-likeness (QED) is 0.911. The molecule has 0 aromatic heterocycles. The smallest absolute Gasteiger partial charge is 0.259 e. The van der Waals surface area contributed by atoms with Gasteiger partial charge in [0.1, 0.15) is 5.82 Å². The number of hydrogen-bond donors (Lipinski definition) is 1. The predicted molar refractivity (Wildman–Crippen MR) is 74.6 cm³/mol. The summed E-state index contributed by atoms with van der Waals surface area (Å²) in [6, 6.07) is 9.36. The number of benzene rings is 2. The largest absolute Gasteiger partial charge is 0.454 e. The van der Waals surface area contributed by atoms with E-state index in [1.54, 1.807) is 24.3 Å². The fourth-order valence-electron chi connectivity index (χ4n) is 1.88. The van der Waals surface area contributed by atoms with Gasteiger partial charge in [0.05, 0.1) is 5.56 Å². The van der Waals surface area contributed by atoms with E-state index in [0.717, 1.165) is 0 Å². The molecule has 1 aliphatic rings. The molecule has 1 N–H and O–H groups in total. The Balaban J connectivity index is 1.86. The van der Waals surface area contributed by atoms with E-state index in [1.165, 1.54) is 12.1 Å². The maximum absolute atomic E-state index is 13.7. The van der Waals surface area contributed by atoms with Gasteiger partial charge in [-0.2, -0.15) is 0 Å². The number of rotatable bonds is 2. The summed E-state index contributed by atoms with van der Waals surface area (Å²) in [5, 5.41) is 2.63. The van der Waals surface area contributed by atoms with Crippen LogP contribution in [-0.2, 0) is 0 Å². The lowest BCUT2D eigenvalue weighted by Crippen LogP contribution is -2.14. The number of hydrogen-bond acceptors (Lipinski definition) is 3. The van der Waals surface area contributed by atoms with E-state index >= 15 is 0 Å². The third-order valence-corrected chi connectivity index (χ3v) is 3.48. The third kappa shape index (κ3) is 2.34. The summed E-state index contributed by atoms with van der Waals surface area (Å²) in [4.78, 5) is 12.1. The number of ether oxygens (including phenoxy) is 2. The van der Waals surface area contributed by atoms with Gasteiger partial charge in [-0.25, -0.2) is 4.39 Å². The summed E-state index contributed by atoms with van der Waals surface area (Å²) in [5.41, 5.74) is 0.472. The third-order valence-electron chi connectivity index (χ3n) is 2.82. The van der Waals surface area contributed by atoms with Crippen LogP contribution < -0.4 is 14.8 Å². The second-order valence-electron chi connectivity index (χ2n) is 4.12. The van der Waals surface area contributed by atoms with Gasteiger partial charge in [0.2, 0.25) is 6.79 Å². The molecule has 102 valence electrons. The van der Waals surface area contributed by atoms with Gasteiger partial charge in [0.25, 0.3) is 5.91 Å². The van der Waals surface area contributed by atoms with Gasteiger partial charge >= 0.3 is 0 Å². The number of halogens is 2. The first-order chi connectivity index (χ1) is 9.65. The normalized spacial score (nSPS) is 12.3. The molecule has 0 radical (unpaired) electrons. The SMILES string of the molecule is O=C(Nc1ccc2c(c1)OCO2)c1c(F)cccc1Br. The Morgan fingerprint density at radius 3 is 2.80 bits per heavy atom. The van der Waals surface area contributed by atoms with Crippen molar-refractivity contribution >= 4 is 27.5 Å². The highest BCUT2D eigenvalue weighted by atomic mass is 79.9. The van der Waals surface area contributed by atoms with Crippen LogP contribution in [0.3, 0.4) is 0 Å². The number of carbonyl (C=O) groups excluding carboxylic acids is 1. The van der Waals surface area contributed by atoms with E-state index in [1.807, 2.05) is 0 Å². The summed E-state index contributed by atoms with van der Waals surface area (Å²) in [6.07, 6.45) is 0. The second-order valence-corrected chi connectivity index (χ2v) is 4.97. The number of nitrogens with one attached hydrogen (secondary N) is 1. The van der Waals surface area contributed by atoms with E-state index in [-0.39, 0.29) is 12.4 Å². The molecule has 2 aromatic rings. The van der Waals surface area contributed by atoms with Crippen LogP contribution in [0.2, 0.25) is 0 Å². The fraction of sp³-hybridized carbons (Fsp3) is 0.0714. The highest BCUT2D eigenvalue weighted by Gasteiger charge is 2.18. The van der Waals surface area contributed by atoms with E-state index in [0.29, 0.717) is 21.7 Å². The maximum atomic E-state index is 13.7. The summed E-state index contributed by atoms with van der Waals surface area (Å²) >= 11 is 3.17. The van der Waals surface area contributed by atoms with Crippen LogP contribution in [0.1, 0.15) is 10.4 Å². The molecule has 0 bridgehead atoms. The van der Waals surface area contributed by atoms with Gasteiger partial charge in [-0.1, -0.05) is 6.07 Å². The minimum Gasteiger partial charge on any atom is -0.454 e. The van der Waals surface area contributed by atoms with Gasteiger partial charge in [0, 0.05) is 16.2 Å². The summed E-state index contributed by atoms with van der Waals surface area (Å²) in [6.45, 7) is 0.158. The topological polar surface area (TPSA) is 47.6 Å². The molecule has 6 heteroatoms. The molecule has 4 nitrogen and oxygen atoms in total. The summed E-state index contributed by atoms with van der Waals surface area (Å²) in [7, 11) is 0. The highest BCUT2D eigenvalue weighted by molar-refractivity contribution is 9.10. The highest BCUT2D eigenvalue weighted by Crippen LogP contribution is 2.34. The molecule has 1 amide bonds. The molecule has 0 fully saturated rings. The van der Waals surface area contributed by atoms with Crippen LogP contribution in [0.5, 0.6) is 11.5 Å². The van der Waals surface area contributed by atoms with Crippen LogP contribution in [0.4, 0.5) is 10.1 Å². The minimum absolute atomic E-state index is 0.0369. The molecule has 0 unspecified atom stereocenters. The lowest BCUT2D eigenvalue weighted by atomic mass is 10.2. The van der Waals surface area contributed by atoms with Crippen LogP contribution >= 0.6 is 15.9 Å². The van der Waals surface area contributed by atoms with Crippen LogP contribution in [-0.4, -0.2) is 12.7 Å². The first kappa shape index (κ1) is 12.9. The zero-order chi connectivity index (χ0) is 14.1. The standard InChI is InChI=1S/C14H9BrFNO3/c15-9-2-1-3-10(16)13(9)14(18)17-8-4-5-11-12(6-8)20-7-19-11/h1-6H,7H2,(H,17,18). The molecule has 0 saturated carbocycles. The summed E-state index contributed by atoms with van der Waals surface area (Å²) in [5.74, 6) is 0.0527. The van der Waals surface area contributed by atoms with Gasteiger partial charge in [-0.3, -0.25) is 4.79 Å². The molecule has 3 rings (SSSR count). The summed E-state index contributed by atoms with van der Waals surface area (Å²) < 4.78 is 24.5. The van der Waals surface area contributed by atoms with Crippen molar-refractivity contribution in [3.05, 3.63) is 52.3 Å². The molecular formula is C14H9BrFNO3. The van der Waals surface area contributed by atoms with Gasteiger partial charge < -0.3 is 14.8 Å². The average molecular weight is 338 g/mol. The Bertz CT molecular complexity index is 670. The lowest BCUT2D eigenvalue weighted by molar-refractivity contribution is 0.102. The molecule has 2 aromatic carbocycles. The van der Waals surface area contributed by atoms with Crippen molar-refractivity contribution in [1.82, 2.24) is 0 Å². The zero-order valence-corrected chi connectivity index (χ0v) is 11.7. The predicted octanol–water partition coefficient (Wildman–Crippen LogP) is 3.57. The van der Waals surface area contributed by atoms with Gasteiger partial charge in [-0.05, 0) is 40.2 Å². The van der Waals surface area contributed by atoms with Gasteiger partial charge in [-0.15, -0.1) is 0 Å². The first-order valence-electron chi connectivity index (χ1n) is 5.80. The Labute approximate surface area is 122 Å². The average Bonchev–Trinajstić information content (AvgIpc) is 2.85. The Kier molecular flexibility index (Phi) is 3.31. The molecule has 0 saturated heterocycles. The van der Waals surface area contributed by atoms with E-state index in [4.69, 9.17) is 9.47 Å². The molecule has 20 heavy (non-hydrogen) atoms. The van der Waals surface area contributed by atoms with Crippen LogP contribution in [0, 0.1) is 5.82 Å². The van der Waals surface area contributed by atoms with Crippen molar-refractivity contribution in [1.29, 1.82) is 0 Å². The molecule has 0 atom stereocenters. The van der Waals surface area contributed by atoms with Crippen molar-refractivity contribution in [2.75, 3.05) is 12.1 Å². The van der Waals surface area contributed by atoms with Crippen LogP contribution in [0.15, 0.2) is 40.9 Å². The number of carbonyl (C=O) groups is 1. The van der Waals surface area contributed by atoms with Crippen molar-refractivity contribution in [3.63, 3.8) is 0 Å². The first-order valence-corrected chi connectivity index (χ1v) is 6.59. The van der Waals surface area contributed by atoms with E-state index in [2.05, 4.69) is 21.2 Å². The van der Waals surface area contributed by atoms with Crippen molar-refractivity contribution < 1.29 is 18.7 Å². The monoisotopic (exact) mass is 337 g/mol. The Morgan fingerprint density at radius 2 is 2.00 bits per heavy atom. The van der Waals surface area contributed by atoms with Crippen molar-refractivity contribution in [2.24, 2.45) is 0 Å². The second kappa shape index (κ2) is 5.13. The molecule has 1 heterocycles. The molecule has 0 spiro atoms. The number of amides is 1. The number of anilines is 1. The van der Waals surface area contributed by atoms with Gasteiger partial charge in [0.15, 0.2) is 11.5 Å². The maximum Gasteiger partial charge on any atom is 0.259 e.